The summed E-state index contributed by atoms with van der Waals surface area (Å²) < 4.78 is 31.4. The summed E-state index contributed by atoms with van der Waals surface area (Å²) in [5, 5.41) is 3.33. The largest absolute Gasteiger partial charge is 0.497 e. The summed E-state index contributed by atoms with van der Waals surface area (Å²) in [4.78, 5) is 27.7. The lowest BCUT2D eigenvalue weighted by molar-refractivity contribution is -0.139. The molecular formula is C24H32ClN3O5S. The molecule has 0 spiro atoms. The first-order valence-electron chi connectivity index (χ1n) is 10.9. The predicted octanol–water partition coefficient (Wildman–Crippen LogP) is 3.45. The maximum atomic E-state index is 13.5. The molecule has 8 nitrogen and oxygen atoms in total. The van der Waals surface area contributed by atoms with Gasteiger partial charge >= 0.3 is 0 Å². The average molecular weight is 510 g/mol. The van der Waals surface area contributed by atoms with Gasteiger partial charge in [-0.05, 0) is 44.0 Å². The van der Waals surface area contributed by atoms with Gasteiger partial charge in [-0.25, -0.2) is 8.42 Å². The van der Waals surface area contributed by atoms with E-state index in [2.05, 4.69) is 5.32 Å². The van der Waals surface area contributed by atoms with Crippen molar-refractivity contribution in [1.29, 1.82) is 0 Å². The summed E-state index contributed by atoms with van der Waals surface area (Å²) in [6.07, 6.45) is 1.76. The van der Waals surface area contributed by atoms with E-state index in [9.17, 15) is 18.0 Å². The van der Waals surface area contributed by atoms with E-state index < -0.39 is 28.5 Å². The predicted molar refractivity (Wildman–Crippen MR) is 135 cm³/mol. The van der Waals surface area contributed by atoms with E-state index in [0.717, 1.165) is 17.0 Å². The third kappa shape index (κ3) is 7.36. The van der Waals surface area contributed by atoms with Crippen LogP contribution in [-0.2, 0) is 26.2 Å². The second kappa shape index (κ2) is 12.1. The highest BCUT2D eigenvalue weighted by atomic mass is 35.5. The molecule has 0 fully saturated rings. The van der Waals surface area contributed by atoms with Crippen LogP contribution in [0.2, 0.25) is 5.02 Å². The zero-order chi connectivity index (χ0) is 25.5. The van der Waals surface area contributed by atoms with Crippen LogP contribution in [0.15, 0.2) is 48.5 Å². The van der Waals surface area contributed by atoms with Crippen molar-refractivity contribution in [2.75, 3.05) is 24.2 Å². The first-order valence-corrected chi connectivity index (χ1v) is 13.2. The molecule has 10 heteroatoms. The van der Waals surface area contributed by atoms with Gasteiger partial charge in [-0.2, -0.15) is 0 Å². The van der Waals surface area contributed by atoms with Gasteiger partial charge in [-0.1, -0.05) is 42.8 Å². The zero-order valence-corrected chi connectivity index (χ0v) is 21.7. The van der Waals surface area contributed by atoms with Crippen molar-refractivity contribution in [1.82, 2.24) is 10.2 Å². The van der Waals surface area contributed by atoms with Gasteiger partial charge in [0.15, 0.2) is 0 Å². The van der Waals surface area contributed by atoms with Crippen LogP contribution in [0.3, 0.4) is 0 Å². The molecule has 2 aromatic rings. The third-order valence-corrected chi connectivity index (χ3v) is 7.00. The summed E-state index contributed by atoms with van der Waals surface area (Å²) in [5.41, 5.74) is 0.928. The highest BCUT2D eigenvalue weighted by molar-refractivity contribution is 7.92. The number of halogens is 1. The number of nitrogens with zero attached hydrogens (tertiary/aromatic N) is 2. The Kier molecular flexibility index (Phi) is 9.76. The van der Waals surface area contributed by atoms with E-state index >= 15 is 0 Å². The number of rotatable bonds is 11. The number of methoxy groups -OCH3 is 1. The molecule has 0 heterocycles. The Balaban J connectivity index is 2.41. The standard InChI is InChI=1S/C24H32ClN3O5S/c1-6-17(2)26-24(30)18(3)27(15-19-10-7-8-13-22(19)25)23(29)16-28(34(5,31)32)20-11-9-12-21(14-20)33-4/h7-14,17-18H,6,15-16H2,1-5H3,(H,26,30)/t17-,18-/m0/s1. The number of nitrogens with one attached hydrogen (secondary N) is 1. The summed E-state index contributed by atoms with van der Waals surface area (Å²) in [6.45, 7) is 4.99. The molecule has 2 atom stereocenters. The van der Waals surface area contributed by atoms with Crippen molar-refractivity contribution < 1.29 is 22.7 Å². The minimum Gasteiger partial charge on any atom is -0.497 e. The van der Waals surface area contributed by atoms with Gasteiger partial charge < -0.3 is 15.0 Å². The normalized spacial score (nSPS) is 13.0. The average Bonchev–Trinajstić information content (AvgIpc) is 2.80. The Morgan fingerprint density at radius 2 is 1.79 bits per heavy atom. The van der Waals surface area contributed by atoms with Crippen molar-refractivity contribution in [2.24, 2.45) is 0 Å². The first-order chi connectivity index (χ1) is 16.0. The Morgan fingerprint density at radius 1 is 1.12 bits per heavy atom. The van der Waals surface area contributed by atoms with Crippen molar-refractivity contribution in [3.8, 4) is 5.75 Å². The fourth-order valence-corrected chi connectivity index (χ4v) is 4.27. The Labute approximate surface area is 206 Å². The van der Waals surface area contributed by atoms with E-state index in [1.807, 2.05) is 13.8 Å². The molecule has 0 unspecified atom stereocenters. The van der Waals surface area contributed by atoms with Crippen LogP contribution in [0, 0.1) is 0 Å². The van der Waals surface area contributed by atoms with E-state index in [0.29, 0.717) is 16.3 Å². The summed E-state index contributed by atoms with van der Waals surface area (Å²) in [7, 11) is -2.35. The molecule has 0 aliphatic heterocycles. The summed E-state index contributed by atoms with van der Waals surface area (Å²) >= 11 is 6.31. The SMILES string of the molecule is CC[C@H](C)NC(=O)[C@H](C)N(Cc1ccccc1Cl)C(=O)CN(c1cccc(OC)c1)S(C)(=O)=O. The lowest BCUT2D eigenvalue weighted by Crippen LogP contribution is -2.52. The number of amides is 2. The summed E-state index contributed by atoms with van der Waals surface area (Å²) in [6, 6.07) is 12.5. The Hall–Kier alpha value is -2.78. The molecule has 0 aromatic heterocycles. The number of hydrogen-bond donors (Lipinski definition) is 1. The number of carbonyl (C=O) groups excluding carboxylic acids is 2. The molecule has 2 amide bonds. The number of carbonyl (C=O) groups is 2. The lowest BCUT2D eigenvalue weighted by Gasteiger charge is -2.32. The Morgan fingerprint density at radius 3 is 2.38 bits per heavy atom. The van der Waals surface area contributed by atoms with Crippen LogP contribution in [0.5, 0.6) is 5.75 Å². The van der Waals surface area contributed by atoms with Crippen molar-refractivity contribution in [3.05, 3.63) is 59.1 Å². The minimum atomic E-state index is -3.82. The van der Waals surface area contributed by atoms with E-state index in [1.54, 1.807) is 49.4 Å². The number of sulfonamides is 1. The van der Waals surface area contributed by atoms with Crippen LogP contribution < -0.4 is 14.4 Å². The topological polar surface area (TPSA) is 96.0 Å². The molecule has 0 bridgehead atoms. The number of hydrogen-bond acceptors (Lipinski definition) is 5. The fourth-order valence-electron chi connectivity index (χ4n) is 3.24. The number of ether oxygens (including phenoxy) is 1. The van der Waals surface area contributed by atoms with Crippen molar-refractivity contribution in [2.45, 2.75) is 45.8 Å². The fraction of sp³-hybridized carbons (Fsp3) is 0.417. The molecule has 0 aliphatic carbocycles. The highest BCUT2D eigenvalue weighted by Gasteiger charge is 2.30. The van der Waals surface area contributed by atoms with Gasteiger partial charge in [0.05, 0.1) is 19.1 Å². The molecule has 0 saturated heterocycles. The second-order valence-electron chi connectivity index (χ2n) is 8.08. The molecule has 34 heavy (non-hydrogen) atoms. The zero-order valence-electron chi connectivity index (χ0n) is 20.1. The molecule has 0 radical (unpaired) electrons. The van der Waals surface area contributed by atoms with Gasteiger partial charge in [0, 0.05) is 23.7 Å². The van der Waals surface area contributed by atoms with Crippen LogP contribution in [0.25, 0.3) is 0 Å². The lowest BCUT2D eigenvalue weighted by atomic mass is 10.1. The van der Waals surface area contributed by atoms with Crippen LogP contribution >= 0.6 is 11.6 Å². The molecule has 0 aliphatic rings. The first kappa shape index (κ1) is 27.5. The molecule has 2 rings (SSSR count). The number of benzene rings is 2. The monoisotopic (exact) mass is 509 g/mol. The van der Waals surface area contributed by atoms with Crippen LogP contribution in [0.1, 0.15) is 32.8 Å². The maximum absolute atomic E-state index is 13.5. The maximum Gasteiger partial charge on any atom is 0.244 e. The van der Waals surface area contributed by atoms with E-state index in [-0.39, 0.29) is 24.2 Å². The smallest absolute Gasteiger partial charge is 0.244 e. The van der Waals surface area contributed by atoms with Gasteiger partial charge in [0.2, 0.25) is 21.8 Å². The molecule has 186 valence electrons. The minimum absolute atomic E-state index is 0.0450. The van der Waals surface area contributed by atoms with Gasteiger partial charge in [-0.3, -0.25) is 13.9 Å². The van der Waals surface area contributed by atoms with Crippen LogP contribution in [0.4, 0.5) is 5.69 Å². The van der Waals surface area contributed by atoms with Crippen molar-refractivity contribution >= 4 is 39.1 Å². The molecule has 0 saturated carbocycles. The van der Waals surface area contributed by atoms with Gasteiger partial charge in [0.1, 0.15) is 18.3 Å². The third-order valence-electron chi connectivity index (χ3n) is 5.49. The highest BCUT2D eigenvalue weighted by Crippen LogP contribution is 2.24. The quantitative estimate of drug-likeness (QED) is 0.500. The molecule has 2 aromatic carbocycles. The number of anilines is 1. The van der Waals surface area contributed by atoms with E-state index in [4.69, 9.17) is 16.3 Å². The van der Waals surface area contributed by atoms with Gasteiger partial charge in [0.25, 0.3) is 0 Å². The summed E-state index contributed by atoms with van der Waals surface area (Å²) in [5.74, 6) is -0.421. The molecular weight excluding hydrogens is 478 g/mol. The Bertz CT molecular complexity index is 1110. The van der Waals surface area contributed by atoms with Crippen LogP contribution in [-0.4, -0.2) is 57.1 Å². The van der Waals surface area contributed by atoms with E-state index in [1.165, 1.54) is 18.1 Å². The molecule has 1 N–H and O–H groups in total. The van der Waals surface area contributed by atoms with Gasteiger partial charge in [-0.15, -0.1) is 0 Å². The second-order valence-corrected chi connectivity index (χ2v) is 10.4. The van der Waals surface area contributed by atoms with Crippen molar-refractivity contribution in [3.63, 3.8) is 0 Å².